The summed E-state index contributed by atoms with van der Waals surface area (Å²) in [7, 11) is 0. The molecular formula is C23H18N6O4. The number of nitrogens with one attached hydrogen (secondary N) is 1. The predicted octanol–water partition coefficient (Wildman–Crippen LogP) is 3.39. The summed E-state index contributed by atoms with van der Waals surface area (Å²) in [6, 6.07) is 22.7. The van der Waals surface area contributed by atoms with Gasteiger partial charge in [0.05, 0.1) is 16.8 Å². The van der Waals surface area contributed by atoms with Gasteiger partial charge in [-0.15, -0.1) is 5.10 Å². The molecule has 0 saturated heterocycles. The molecule has 33 heavy (non-hydrogen) atoms. The SMILES string of the molecule is O=C(COC(=O)Cn1nnc2ccccc2c1=O)Nc1ccc(N=Nc2ccccc2)cc1. The molecule has 4 aromatic rings. The molecule has 10 nitrogen and oxygen atoms in total. The number of carbonyl (C=O) groups excluding carboxylic acids is 2. The quantitative estimate of drug-likeness (QED) is 0.345. The van der Waals surface area contributed by atoms with Crippen molar-refractivity contribution in [1.82, 2.24) is 15.0 Å². The summed E-state index contributed by atoms with van der Waals surface area (Å²) in [6.07, 6.45) is 0. The van der Waals surface area contributed by atoms with Gasteiger partial charge >= 0.3 is 5.97 Å². The van der Waals surface area contributed by atoms with Gasteiger partial charge < -0.3 is 10.1 Å². The van der Waals surface area contributed by atoms with Gasteiger partial charge in [0.25, 0.3) is 11.5 Å². The number of benzene rings is 3. The molecule has 164 valence electrons. The van der Waals surface area contributed by atoms with Crippen LogP contribution in [0.3, 0.4) is 0 Å². The van der Waals surface area contributed by atoms with Gasteiger partial charge in [-0.25, -0.2) is 0 Å². The van der Waals surface area contributed by atoms with E-state index >= 15 is 0 Å². The zero-order valence-corrected chi connectivity index (χ0v) is 17.3. The van der Waals surface area contributed by atoms with Gasteiger partial charge in [-0.2, -0.15) is 14.9 Å². The first-order chi connectivity index (χ1) is 16.1. The highest BCUT2D eigenvalue weighted by Gasteiger charge is 2.12. The minimum atomic E-state index is -0.784. The summed E-state index contributed by atoms with van der Waals surface area (Å²) in [5.41, 5.74) is 1.82. The van der Waals surface area contributed by atoms with Crippen molar-refractivity contribution in [3.8, 4) is 0 Å². The van der Waals surface area contributed by atoms with Crippen LogP contribution < -0.4 is 10.9 Å². The van der Waals surface area contributed by atoms with Crippen molar-refractivity contribution >= 4 is 39.8 Å². The van der Waals surface area contributed by atoms with E-state index in [4.69, 9.17) is 4.74 Å². The lowest BCUT2D eigenvalue weighted by atomic mass is 10.2. The number of fused-ring (bicyclic) bond motifs is 1. The molecule has 1 aromatic heterocycles. The molecule has 0 fully saturated rings. The fraction of sp³-hybridized carbons (Fsp3) is 0.0870. The second-order valence-corrected chi connectivity index (χ2v) is 6.86. The van der Waals surface area contributed by atoms with Crippen LogP contribution in [0.25, 0.3) is 10.9 Å². The summed E-state index contributed by atoms with van der Waals surface area (Å²) in [5, 5.41) is 18.8. The molecule has 0 atom stereocenters. The fourth-order valence-electron chi connectivity index (χ4n) is 2.86. The number of anilines is 1. The van der Waals surface area contributed by atoms with E-state index in [2.05, 4.69) is 25.9 Å². The second-order valence-electron chi connectivity index (χ2n) is 6.86. The van der Waals surface area contributed by atoms with Crippen molar-refractivity contribution in [3.63, 3.8) is 0 Å². The molecule has 3 aromatic carbocycles. The Morgan fingerprint density at radius 1 is 0.879 bits per heavy atom. The summed E-state index contributed by atoms with van der Waals surface area (Å²) >= 11 is 0. The van der Waals surface area contributed by atoms with Crippen LogP contribution in [0, 0.1) is 0 Å². The lowest BCUT2D eigenvalue weighted by Gasteiger charge is -2.07. The molecule has 1 amide bonds. The normalized spacial score (nSPS) is 10.9. The number of ether oxygens (including phenoxy) is 1. The van der Waals surface area contributed by atoms with Crippen LogP contribution in [0.2, 0.25) is 0 Å². The van der Waals surface area contributed by atoms with E-state index in [1.54, 1.807) is 48.5 Å². The molecule has 0 saturated carbocycles. The Kier molecular flexibility index (Phi) is 6.55. The number of aromatic nitrogens is 3. The van der Waals surface area contributed by atoms with Crippen LogP contribution in [0.5, 0.6) is 0 Å². The smallest absolute Gasteiger partial charge is 0.328 e. The lowest BCUT2D eigenvalue weighted by Crippen LogP contribution is -2.30. The molecule has 0 radical (unpaired) electrons. The molecule has 0 bridgehead atoms. The van der Waals surface area contributed by atoms with E-state index in [0.717, 1.165) is 10.4 Å². The summed E-state index contributed by atoms with van der Waals surface area (Å²) in [6.45, 7) is -0.963. The summed E-state index contributed by atoms with van der Waals surface area (Å²) < 4.78 is 5.84. The minimum absolute atomic E-state index is 0.338. The van der Waals surface area contributed by atoms with Crippen molar-refractivity contribution in [1.29, 1.82) is 0 Å². The first-order valence-corrected chi connectivity index (χ1v) is 9.93. The lowest BCUT2D eigenvalue weighted by molar-refractivity contribution is -0.148. The number of amides is 1. The fourth-order valence-corrected chi connectivity index (χ4v) is 2.86. The van der Waals surface area contributed by atoms with E-state index < -0.39 is 30.6 Å². The maximum Gasteiger partial charge on any atom is 0.328 e. The second kappa shape index (κ2) is 10.1. The third-order valence-electron chi connectivity index (χ3n) is 4.46. The van der Waals surface area contributed by atoms with Crippen molar-refractivity contribution < 1.29 is 14.3 Å². The average molecular weight is 442 g/mol. The van der Waals surface area contributed by atoms with Crippen LogP contribution in [0.1, 0.15) is 0 Å². The number of hydrogen-bond donors (Lipinski definition) is 1. The first-order valence-electron chi connectivity index (χ1n) is 9.93. The third kappa shape index (κ3) is 5.70. The molecule has 1 N–H and O–H groups in total. The van der Waals surface area contributed by atoms with Crippen LogP contribution in [-0.4, -0.2) is 33.5 Å². The molecule has 10 heteroatoms. The van der Waals surface area contributed by atoms with Crippen LogP contribution in [-0.2, 0) is 20.9 Å². The minimum Gasteiger partial charge on any atom is -0.454 e. The standard InChI is InChI=1S/C23H18N6O4/c30-21(24-16-10-12-18(13-11-16)26-25-17-6-2-1-3-7-17)15-33-22(31)14-29-23(32)19-8-4-5-9-20(19)27-28-29/h1-13H,14-15H2,(H,24,30). The van der Waals surface area contributed by atoms with Gasteiger partial charge in [-0.05, 0) is 48.5 Å². The molecular weight excluding hydrogens is 424 g/mol. The van der Waals surface area contributed by atoms with Crippen molar-refractivity contribution in [2.75, 3.05) is 11.9 Å². The van der Waals surface area contributed by atoms with Crippen LogP contribution >= 0.6 is 0 Å². The van der Waals surface area contributed by atoms with E-state index in [1.165, 1.54) is 0 Å². The molecule has 0 aliphatic rings. The number of azo groups is 1. The molecule has 0 aliphatic heterocycles. The maximum atomic E-state index is 12.4. The van der Waals surface area contributed by atoms with Gasteiger partial charge in [-0.1, -0.05) is 35.5 Å². The Balaban J connectivity index is 1.28. The van der Waals surface area contributed by atoms with E-state index in [1.807, 2.05) is 30.3 Å². The van der Waals surface area contributed by atoms with Crippen LogP contribution in [0.15, 0.2) is 93.9 Å². The van der Waals surface area contributed by atoms with Crippen molar-refractivity contribution in [2.24, 2.45) is 10.2 Å². The Bertz CT molecular complexity index is 1370. The Morgan fingerprint density at radius 3 is 2.30 bits per heavy atom. The van der Waals surface area contributed by atoms with Crippen molar-refractivity contribution in [2.45, 2.75) is 6.54 Å². The Morgan fingerprint density at radius 2 is 1.55 bits per heavy atom. The van der Waals surface area contributed by atoms with E-state index in [0.29, 0.717) is 22.3 Å². The largest absolute Gasteiger partial charge is 0.454 e. The number of rotatable bonds is 7. The first kappa shape index (κ1) is 21.5. The van der Waals surface area contributed by atoms with Gasteiger partial charge in [0.2, 0.25) is 0 Å². The van der Waals surface area contributed by atoms with E-state index in [9.17, 15) is 14.4 Å². The molecule has 0 spiro atoms. The van der Waals surface area contributed by atoms with Gasteiger partial charge in [-0.3, -0.25) is 14.4 Å². The van der Waals surface area contributed by atoms with Gasteiger partial charge in [0, 0.05) is 5.69 Å². The zero-order valence-electron chi connectivity index (χ0n) is 17.3. The number of carbonyl (C=O) groups is 2. The maximum absolute atomic E-state index is 12.4. The number of esters is 1. The molecule has 0 unspecified atom stereocenters. The topological polar surface area (TPSA) is 128 Å². The highest BCUT2D eigenvalue weighted by Crippen LogP contribution is 2.20. The highest BCUT2D eigenvalue weighted by molar-refractivity contribution is 5.92. The highest BCUT2D eigenvalue weighted by atomic mass is 16.5. The van der Waals surface area contributed by atoms with Crippen LogP contribution in [0.4, 0.5) is 17.1 Å². The summed E-state index contributed by atoms with van der Waals surface area (Å²) in [5.74, 6) is -1.31. The van der Waals surface area contributed by atoms with Crippen molar-refractivity contribution in [3.05, 3.63) is 89.2 Å². The molecule has 1 heterocycles. The number of hydrogen-bond acceptors (Lipinski definition) is 8. The molecule has 4 rings (SSSR count). The monoisotopic (exact) mass is 442 g/mol. The number of nitrogens with zero attached hydrogens (tertiary/aromatic N) is 5. The Hall–Kier alpha value is -4.73. The van der Waals surface area contributed by atoms with Gasteiger partial charge in [0.1, 0.15) is 12.1 Å². The Labute approximate surface area is 187 Å². The average Bonchev–Trinajstić information content (AvgIpc) is 2.85. The van der Waals surface area contributed by atoms with E-state index in [-0.39, 0.29) is 0 Å². The van der Waals surface area contributed by atoms with Gasteiger partial charge in [0.15, 0.2) is 6.61 Å². The summed E-state index contributed by atoms with van der Waals surface area (Å²) in [4.78, 5) is 36.5. The zero-order chi connectivity index (χ0) is 23.0. The third-order valence-corrected chi connectivity index (χ3v) is 4.46. The molecule has 0 aliphatic carbocycles. The predicted molar refractivity (Wildman–Crippen MR) is 120 cm³/mol.